The van der Waals surface area contributed by atoms with Crippen molar-refractivity contribution in [1.29, 1.82) is 0 Å². The van der Waals surface area contributed by atoms with Gasteiger partial charge in [-0.15, -0.1) is 0 Å². The molecule has 21 heavy (non-hydrogen) atoms. The van der Waals surface area contributed by atoms with Crippen LogP contribution in [-0.4, -0.2) is 41.7 Å². The van der Waals surface area contributed by atoms with E-state index in [1.54, 1.807) is 0 Å². The molecule has 0 saturated carbocycles. The molecule has 0 amide bonds. The highest BCUT2D eigenvalue weighted by Gasteiger charge is 2.31. The molecule has 1 aliphatic heterocycles. The summed E-state index contributed by atoms with van der Waals surface area (Å²) >= 11 is 6.02. The van der Waals surface area contributed by atoms with Gasteiger partial charge in [-0.1, -0.05) is 30.7 Å². The van der Waals surface area contributed by atoms with Crippen molar-refractivity contribution in [2.75, 3.05) is 19.6 Å². The normalized spacial score (nSPS) is 21.1. The summed E-state index contributed by atoms with van der Waals surface area (Å²) in [5.74, 6) is -0.582. The summed E-state index contributed by atoms with van der Waals surface area (Å²) in [6.45, 7) is 5.29. The number of carboxylic acid groups (broad SMARTS) is 1. The molecule has 0 radical (unpaired) electrons. The molecule has 1 aromatic carbocycles. The number of nitrogens with zero attached hydrogens (tertiary/aromatic N) is 1. The molecule has 0 spiro atoms. The molecule has 0 bridgehead atoms. The number of likely N-dealkylation sites (N-methyl/N-ethyl adjacent to an activating group) is 1. The van der Waals surface area contributed by atoms with Crippen molar-refractivity contribution >= 4 is 17.6 Å². The van der Waals surface area contributed by atoms with Gasteiger partial charge >= 0.3 is 5.97 Å². The number of aliphatic carboxylic acids is 1. The Morgan fingerprint density at radius 2 is 2.38 bits per heavy atom. The monoisotopic (exact) mass is 310 g/mol. The average molecular weight is 311 g/mol. The van der Waals surface area contributed by atoms with E-state index < -0.39 is 12.0 Å². The van der Waals surface area contributed by atoms with E-state index in [4.69, 9.17) is 11.6 Å². The molecule has 1 heterocycles. The largest absolute Gasteiger partial charge is 0.480 e. The molecule has 2 N–H and O–H groups in total. The van der Waals surface area contributed by atoms with Crippen molar-refractivity contribution in [3.63, 3.8) is 0 Å². The topological polar surface area (TPSA) is 52.6 Å². The summed E-state index contributed by atoms with van der Waals surface area (Å²) in [6, 6.07) is 7.42. The van der Waals surface area contributed by atoms with E-state index in [2.05, 4.69) is 16.3 Å². The minimum absolute atomic E-state index is 0.162. The first-order chi connectivity index (χ1) is 10.1. The highest BCUT2D eigenvalue weighted by atomic mass is 35.5. The van der Waals surface area contributed by atoms with Crippen LogP contribution in [0.3, 0.4) is 0 Å². The second kappa shape index (κ2) is 7.78. The predicted octanol–water partition coefficient (Wildman–Crippen LogP) is 2.61. The van der Waals surface area contributed by atoms with E-state index in [9.17, 15) is 9.90 Å². The third kappa shape index (κ3) is 4.70. The lowest BCUT2D eigenvalue weighted by molar-refractivity contribution is -0.141. The minimum Gasteiger partial charge on any atom is -0.480 e. The molecule has 1 aliphatic rings. The van der Waals surface area contributed by atoms with Crippen LogP contribution in [0.25, 0.3) is 0 Å². The van der Waals surface area contributed by atoms with Gasteiger partial charge < -0.3 is 10.4 Å². The average Bonchev–Trinajstić information content (AvgIpc) is 2.44. The smallest absolute Gasteiger partial charge is 0.321 e. The Labute approximate surface area is 131 Å². The molecule has 116 valence electrons. The molecule has 2 unspecified atom stereocenters. The number of benzene rings is 1. The van der Waals surface area contributed by atoms with Crippen LogP contribution in [0.5, 0.6) is 0 Å². The van der Waals surface area contributed by atoms with Gasteiger partial charge in [-0.2, -0.15) is 0 Å². The number of halogens is 1. The molecule has 2 atom stereocenters. The van der Waals surface area contributed by atoms with Gasteiger partial charge in [-0.3, -0.25) is 9.69 Å². The molecular formula is C16H23ClN2O2. The number of likely N-dealkylation sites (tertiary alicyclic amines) is 1. The van der Waals surface area contributed by atoms with Gasteiger partial charge in [0, 0.05) is 18.1 Å². The maximum absolute atomic E-state index is 11.4. The first-order valence-corrected chi connectivity index (χ1v) is 7.91. The molecule has 0 aliphatic carbocycles. The van der Waals surface area contributed by atoms with Crippen LogP contribution in [0.2, 0.25) is 5.02 Å². The molecule has 4 nitrogen and oxygen atoms in total. The quantitative estimate of drug-likeness (QED) is 0.848. The molecule has 1 aromatic rings. The maximum Gasteiger partial charge on any atom is 0.321 e. The summed E-state index contributed by atoms with van der Waals surface area (Å²) in [7, 11) is 0. The summed E-state index contributed by atoms with van der Waals surface area (Å²) in [5.41, 5.74) is 1.18. The third-order valence-corrected chi connectivity index (χ3v) is 4.23. The van der Waals surface area contributed by atoms with Gasteiger partial charge in [0.1, 0.15) is 6.04 Å². The van der Waals surface area contributed by atoms with Gasteiger partial charge in [-0.25, -0.2) is 0 Å². The summed E-state index contributed by atoms with van der Waals surface area (Å²) < 4.78 is 0. The second-order valence-electron chi connectivity index (χ2n) is 5.64. The fourth-order valence-electron chi connectivity index (χ4n) is 3.08. The van der Waals surface area contributed by atoms with E-state index in [-0.39, 0.29) is 5.92 Å². The maximum atomic E-state index is 11.4. The van der Waals surface area contributed by atoms with Crippen LogP contribution in [0.1, 0.15) is 25.3 Å². The number of carboxylic acids is 1. The lowest BCUT2D eigenvalue weighted by Gasteiger charge is -2.35. The number of nitrogens with one attached hydrogen (secondary N) is 1. The Morgan fingerprint density at radius 1 is 1.57 bits per heavy atom. The van der Waals surface area contributed by atoms with Gasteiger partial charge in [-0.05, 0) is 49.5 Å². The second-order valence-corrected chi connectivity index (χ2v) is 6.08. The van der Waals surface area contributed by atoms with Crippen molar-refractivity contribution in [1.82, 2.24) is 10.2 Å². The first kappa shape index (κ1) is 16.3. The SMILES string of the molecule is CCNC(C(=O)O)C1CCCN(Cc2cccc(Cl)c2)C1. The van der Waals surface area contributed by atoms with Gasteiger partial charge in [0.25, 0.3) is 0 Å². The number of rotatable bonds is 6. The predicted molar refractivity (Wildman–Crippen MR) is 84.6 cm³/mol. The fraction of sp³-hybridized carbons (Fsp3) is 0.562. The van der Waals surface area contributed by atoms with Crippen molar-refractivity contribution in [3.05, 3.63) is 34.9 Å². The zero-order valence-corrected chi connectivity index (χ0v) is 13.1. The van der Waals surface area contributed by atoms with Crippen LogP contribution >= 0.6 is 11.6 Å². The Bertz CT molecular complexity index is 481. The third-order valence-electron chi connectivity index (χ3n) is 4.00. The van der Waals surface area contributed by atoms with Crippen LogP contribution in [0, 0.1) is 5.92 Å². The van der Waals surface area contributed by atoms with Crippen molar-refractivity contribution < 1.29 is 9.90 Å². The zero-order chi connectivity index (χ0) is 15.2. The molecule has 0 aromatic heterocycles. The fourth-order valence-corrected chi connectivity index (χ4v) is 3.29. The number of hydrogen-bond acceptors (Lipinski definition) is 3. The van der Waals surface area contributed by atoms with Crippen LogP contribution < -0.4 is 5.32 Å². The Morgan fingerprint density at radius 3 is 3.05 bits per heavy atom. The summed E-state index contributed by atoms with van der Waals surface area (Å²) in [5, 5.41) is 13.2. The Hall–Kier alpha value is -1.10. The van der Waals surface area contributed by atoms with Crippen LogP contribution in [-0.2, 0) is 11.3 Å². The van der Waals surface area contributed by atoms with E-state index in [0.717, 1.165) is 37.5 Å². The molecule has 1 fully saturated rings. The standard InChI is InChI=1S/C16H23ClN2O2/c1-2-18-15(16(20)21)13-6-4-8-19(11-13)10-12-5-3-7-14(17)9-12/h3,5,7,9,13,15,18H,2,4,6,8,10-11H2,1H3,(H,20,21). The Kier molecular flexibility index (Phi) is 6.03. The molecule has 2 rings (SSSR count). The molecule has 5 heteroatoms. The van der Waals surface area contributed by atoms with Crippen molar-refractivity contribution in [2.24, 2.45) is 5.92 Å². The number of hydrogen-bond donors (Lipinski definition) is 2. The van der Waals surface area contributed by atoms with E-state index in [1.807, 2.05) is 25.1 Å². The Balaban J connectivity index is 1.98. The first-order valence-electron chi connectivity index (χ1n) is 7.53. The number of piperidine rings is 1. The lowest BCUT2D eigenvalue weighted by Crippen LogP contribution is -2.49. The highest BCUT2D eigenvalue weighted by molar-refractivity contribution is 6.30. The summed E-state index contributed by atoms with van der Waals surface area (Å²) in [4.78, 5) is 13.7. The zero-order valence-electron chi connectivity index (χ0n) is 12.4. The van der Waals surface area contributed by atoms with Gasteiger partial charge in [0.2, 0.25) is 0 Å². The summed E-state index contributed by atoms with van der Waals surface area (Å²) in [6.07, 6.45) is 2.01. The molecular weight excluding hydrogens is 288 g/mol. The van der Waals surface area contributed by atoms with Gasteiger partial charge in [0.05, 0.1) is 0 Å². The van der Waals surface area contributed by atoms with Crippen LogP contribution in [0.4, 0.5) is 0 Å². The van der Waals surface area contributed by atoms with Crippen molar-refractivity contribution in [2.45, 2.75) is 32.4 Å². The van der Waals surface area contributed by atoms with E-state index in [1.165, 1.54) is 5.56 Å². The minimum atomic E-state index is -0.744. The number of carbonyl (C=O) groups is 1. The van der Waals surface area contributed by atoms with E-state index in [0.29, 0.717) is 6.54 Å². The van der Waals surface area contributed by atoms with E-state index >= 15 is 0 Å². The van der Waals surface area contributed by atoms with Gasteiger partial charge in [0.15, 0.2) is 0 Å². The van der Waals surface area contributed by atoms with Crippen molar-refractivity contribution in [3.8, 4) is 0 Å². The highest BCUT2D eigenvalue weighted by Crippen LogP contribution is 2.22. The lowest BCUT2D eigenvalue weighted by atomic mass is 9.90. The molecule has 1 saturated heterocycles. The van der Waals surface area contributed by atoms with Crippen LogP contribution in [0.15, 0.2) is 24.3 Å².